The summed E-state index contributed by atoms with van der Waals surface area (Å²) in [6.45, 7) is 6.15. The lowest BCUT2D eigenvalue weighted by Gasteiger charge is -2.10. The molecule has 0 saturated heterocycles. The average molecular weight is 348 g/mol. The number of carbonyl (C=O) groups is 1. The molecule has 0 saturated carbocycles. The monoisotopic (exact) mass is 348 g/mol. The number of carbonyl (C=O) groups excluding carboxylic acids is 1. The molecule has 2 amide bonds. The van der Waals surface area contributed by atoms with E-state index in [1.807, 2.05) is 54.9 Å². The van der Waals surface area contributed by atoms with Crippen molar-refractivity contribution < 1.29 is 14.3 Å². The number of hydrogen-bond acceptors (Lipinski definition) is 4. The minimum absolute atomic E-state index is 0.216. The molecule has 1 aromatic carbocycles. The zero-order chi connectivity index (χ0) is 17.2. The van der Waals surface area contributed by atoms with Gasteiger partial charge in [-0.05, 0) is 53.9 Å². The zero-order valence-corrected chi connectivity index (χ0v) is 14.9. The van der Waals surface area contributed by atoms with Crippen LogP contribution in [0, 0.1) is 0 Å². The summed E-state index contributed by atoms with van der Waals surface area (Å²) in [6.07, 6.45) is 0.216. The molecule has 0 atom stereocenters. The van der Waals surface area contributed by atoms with E-state index < -0.39 is 0 Å². The molecular formula is C18H24N2O3S. The second-order valence-corrected chi connectivity index (χ2v) is 6.39. The zero-order valence-electron chi connectivity index (χ0n) is 14.1. The summed E-state index contributed by atoms with van der Waals surface area (Å²) in [5.74, 6) is 0. The summed E-state index contributed by atoms with van der Waals surface area (Å²) in [5, 5.41) is 9.67. The molecule has 0 aliphatic heterocycles. The minimum Gasteiger partial charge on any atom is -0.376 e. The van der Waals surface area contributed by atoms with Crippen molar-refractivity contribution in [1.82, 2.24) is 5.32 Å². The van der Waals surface area contributed by atoms with Gasteiger partial charge in [-0.25, -0.2) is 4.79 Å². The summed E-state index contributed by atoms with van der Waals surface area (Å²) >= 11 is 1.62. The Morgan fingerprint density at radius 3 is 2.83 bits per heavy atom. The van der Waals surface area contributed by atoms with Crippen LogP contribution < -0.4 is 10.6 Å². The Morgan fingerprint density at radius 2 is 2.08 bits per heavy atom. The number of rotatable bonds is 9. The largest absolute Gasteiger partial charge is 0.376 e. The first-order chi connectivity index (χ1) is 11.6. The molecule has 0 spiro atoms. The van der Waals surface area contributed by atoms with E-state index in [0.29, 0.717) is 26.4 Å². The second-order valence-electron chi connectivity index (χ2n) is 5.61. The summed E-state index contributed by atoms with van der Waals surface area (Å²) in [6, 6.07) is 9.41. The van der Waals surface area contributed by atoms with Gasteiger partial charge in [-0.1, -0.05) is 12.1 Å². The maximum Gasteiger partial charge on any atom is 0.319 e. The van der Waals surface area contributed by atoms with Crippen molar-refractivity contribution >= 4 is 23.1 Å². The van der Waals surface area contributed by atoms with Crippen LogP contribution in [0.3, 0.4) is 0 Å². The van der Waals surface area contributed by atoms with E-state index in [4.69, 9.17) is 9.47 Å². The van der Waals surface area contributed by atoms with E-state index in [9.17, 15) is 4.79 Å². The van der Waals surface area contributed by atoms with E-state index in [1.54, 1.807) is 11.3 Å². The van der Waals surface area contributed by atoms with Gasteiger partial charge in [0.1, 0.15) is 0 Å². The molecule has 2 rings (SSSR count). The second kappa shape index (κ2) is 10.1. The lowest BCUT2D eigenvalue weighted by Crippen LogP contribution is -2.28. The Balaban J connectivity index is 1.72. The van der Waals surface area contributed by atoms with Crippen molar-refractivity contribution in [2.45, 2.75) is 33.1 Å². The number of anilines is 1. The van der Waals surface area contributed by atoms with Gasteiger partial charge in [-0.3, -0.25) is 0 Å². The number of urea groups is 1. The third kappa shape index (κ3) is 7.12. The number of nitrogens with one attached hydrogen (secondary N) is 2. The predicted octanol–water partition coefficient (Wildman–Crippen LogP) is 4.01. The standard InChI is InChI=1S/C18H24N2O3S/c1-14(2)23-8-7-22-12-15-4-3-5-17(10-15)20-18(21)19-11-16-6-9-24-13-16/h3-6,9-10,13-14H,7-8,11-12H2,1-2H3,(H2,19,20,21). The molecule has 130 valence electrons. The van der Waals surface area contributed by atoms with E-state index in [0.717, 1.165) is 16.8 Å². The predicted molar refractivity (Wildman–Crippen MR) is 97.4 cm³/mol. The molecule has 0 unspecified atom stereocenters. The van der Waals surface area contributed by atoms with Crippen LogP contribution in [0.25, 0.3) is 0 Å². The van der Waals surface area contributed by atoms with Crippen LogP contribution in [0.2, 0.25) is 0 Å². The van der Waals surface area contributed by atoms with Crippen LogP contribution in [0.1, 0.15) is 25.0 Å². The molecule has 0 fully saturated rings. The van der Waals surface area contributed by atoms with Gasteiger partial charge in [0.2, 0.25) is 0 Å². The van der Waals surface area contributed by atoms with Crippen molar-refractivity contribution in [2.24, 2.45) is 0 Å². The average Bonchev–Trinajstić information content (AvgIpc) is 3.06. The number of amides is 2. The molecule has 1 heterocycles. The van der Waals surface area contributed by atoms with Gasteiger partial charge in [0, 0.05) is 12.2 Å². The van der Waals surface area contributed by atoms with Gasteiger partial charge < -0.3 is 20.1 Å². The number of hydrogen-bond donors (Lipinski definition) is 2. The number of ether oxygens (including phenoxy) is 2. The molecule has 2 N–H and O–H groups in total. The number of benzene rings is 1. The van der Waals surface area contributed by atoms with Crippen molar-refractivity contribution in [3.63, 3.8) is 0 Å². The molecule has 2 aromatic rings. The van der Waals surface area contributed by atoms with Crippen molar-refractivity contribution in [3.05, 3.63) is 52.2 Å². The highest BCUT2D eigenvalue weighted by atomic mass is 32.1. The van der Waals surface area contributed by atoms with Gasteiger partial charge in [0.15, 0.2) is 0 Å². The van der Waals surface area contributed by atoms with Crippen molar-refractivity contribution in [2.75, 3.05) is 18.5 Å². The Morgan fingerprint density at radius 1 is 1.21 bits per heavy atom. The normalized spacial score (nSPS) is 10.8. The third-order valence-electron chi connectivity index (χ3n) is 3.17. The summed E-state index contributed by atoms with van der Waals surface area (Å²) < 4.78 is 11.0. The Labute approximate surface area is 147 Å². The van der Waals surface area contributed by atoms with Crippen LogP contribution >= 0.6 is 11.3 Å². The molecule has 0 aliphatic rings. The Bertz CT molecular complexity index is 614. The Hall–Kier alpha value is -1.89. The maximum atomic E-state index is 11.9. The van der Waals surface area contributed by atoms with Gasteiger partial charge in [-0.2, -0.15) is 11.3 Å². The molecule has 24 heavy (non-hydrogen) atoms. The smallest absolute Gasteiger partial charge is 0.319 e. The molecular weight excluding hydrogens is 324 g/mol. The first-order valence-corrected chi connectivity index (χ1v) is 8.92. The van der Waals surface area contributed by atoms with Crippen LogP contribution in [0.4, 0.5) is 10.5 Å². The Kier molecular flexibility index (Phi) is 7.74. The lowest BCUT2D eigenvalue weighted by atomic mass is 10.2. The van der Waals surface area contributed by atoms with Gasteiger partial charge in [0.25, 0.3) is 0 Å². The molecule has 6 heteroatoms. The van der Waals surface area contributed by atoms with Crippen LogP contribution in [0.5, 0.6) is 0 Å². The quantitative estimate of drug-likeness (QED) is 0.673. The van der Waals surface area contributed by atoms with E-state index in [-0.39, 0.29) is 12.1 Å². The van der Waals surface area contributed by atoms with Crippen LogP contribution in [0.15, 0.2) is 41.1 Å². The van der Waals surface area contributed by atoms with E-state index in [1.165, 1.54) is 0 Å². The highest BCUT2D eigenvalue weighted by Gasteiger charge is 2.03. The maximum absolute atomic E-state index is 11.9. The highest BCUT2D eigenvalue weighted by Crippen LogP contribution is 2.12. The topological polar surface area (TPSA) is 59.6 Å². The fourth-order valence-corrected chi connectivity index (χ4v) is 2.69. The molecule has 0 bridgehead atoms. The number of thiophene rings is 1. The van der Waals surface area contributed by atoms with Crippen molar-refractivity contribution in [3.8, 4) is 0 Å². The van der Waals surface area contributed by atoms with Crippen molar-refractivity contribution in [1.29, 1.82) is 0 Å². The summed E-state index contributed by atoms with van der Waals surface area (Å²) in [4.78, 5) is 11.9. The van der Waals surface area contributed by atoms with E-state index in [2.05, 4.69) is 10.6 Å². The molecule has 0 aliphatic carbocycles. The van der Waals surface area contributed by atoms with Gasteiger partial charge in [0.05, 0.1) is 25.9 Å². The van der Waals surface area contributed by atoms with Crippen LogP contribution in [-0.2, 0) is 22.6 Å². The highest BCUT2D eigenvalue weighted by molar-refractivity contribution is 7.07. The molecule has 1 aromatic heterocycles. The molecule has 5 nitrogen and oxygen atoms in total. The third-order valence-corrected chi connectivity index (χ3v) is 3.90. The first-order valence-electron chi connectivity index (χ1n) is 7.97. The lowest BCUT2D eigenvalue weighted by molar-refractivity contribution is 0.0143. The summed E-state index contributed by atoms with van der Waals surface area (Å²) in [7, 11) is 0. The minimum atomic E-state index is -0.218. The van der Waals surface area contributed by atoms with Gasteiger partial charge >= 0.3 is 6.03 Å². The SMILES string of the molecule is CC(C)OCCOCc1cccc(NC(=O)NCc2ccsc2)c1. The van der Waals surface area contributed by atoms with E-state index >= 15 is 0 Å². The van der Waals surface area contributed by atoms with Gasteiger partial charge in [-0.15, -0.1) is 0 Å². The molecule has 0 radical (unpaired) electrons. The fraction of sp³-hybridized carbons (Fsp3) is 0.389. The first kappa shape index (κ1) is 18.4. The summed E-state index contributed by atoms with van der Waals surface area (Å²) in [5.41, 5.74) is 2.86. The van der Waals surface area contributed by atoms with Crippen LogP contribution in [-0.4, -0.2) is 25.3 Å². The fourth-order valence-electron chi connectivity index (χ4n) is 2.02.